The first-order chi connectivity index (χ1) is 9.36. The highest BCUT2D eigenvalue weighted by Gasteiger charge is 2.10. The van der Waals surface area contributed by atoms with Crippen LogP contribution in [0.5, 0.6) is 0 Å². The number of pyridine rings is 1. The van der Waals surface area contributed by atoms with Crippen molar-refractivity contribution < 1.29 is 8.42 Å². The summed E-state index contributed by atoms with van der Waals surface area (Å²) < 4.78 is 22.4. The molecule has 1 aromatic heterocycles. The summed E-state index contributed by atoms with van der Waals surface area (Å²) in [5.74, 6) is 0. The van der Waals surface area contributed by atoms with Crippen LogP contribution in [0.25, 0.3) is 0 Å². The first-order valence-electron chi connectivity index (χ1n) is 5.87. The Balaban J connectivity index is 2.13. The van der Waals surface area contributed by atoms with E-state index in [2.05, 4.69) is 10.3 Å². The number of benzene rings is 1. The Morgan fingerprint density at radius 2 is 1.85 bits per heavy atom. The highest BCUT2D eigenvalue weighted by molar-refractivity contribution is 7.89. The summed E-state index contributed by atoms with van der Waals surface area (Å²) in [6.07, 6.45) is 1.64. The van der Waals surface area contributed by atoms with Crippen LogP contribution in [-0.2, 0) is 10.0 Å². The fraction of sp³-hybridized carbons (Fsp3) is 0.154. The lowest BCUT2D eigenvalue weighted by Gasteiger charge is -2.15. The molecule has 1 aromatic carbocycles. The van der Waals surface area contributed by atoms with Crippen molar-refractivity contribution in [1.29, 1.82) is 0 Å². The third kappa shape index (κ3) is 3.69. The van der Waals surface area contributed by atoms with E-state index in [4.69, 9.17) is 16.7 Å². The lowest BCUT2D eigenvalue weighted by atomic mass is 10.1. The van der Waals surface area contributed by atoms with Gasteiger partial charge in [-0.05, 0) is 36.8 Å². The van der Waals surface area contributed by atoms with E-state index in [-0.39, 0.29) is 10.9 Å². The maximum Gasteiger partial charge on any atom is 0.238 e. The van der Waals surface area contributed by atoms with Gasteiger partial charge >= 0.3 is 0 Å². The molecule has 0 fully saturated rings. The summed E-state index contributed by atoms with van der Waals surface area (Å²) in [5.41, 5.74) is 1.77. The second kappa shape index (κ2) is 5.78. The van der Waals surface area contributed by atoms with Gasteiger partial charge in [-0.15, -0.1) is 0 Å². The lowest BCUT2D eigenvalue weighted by molar-refractivity contribution is 0.597. The van der Waals surface area contributed by atoms with Gasteiger partial charge in [-0.25, -0.2) is 18.5 Å². The first-order valence-corrected chi connectivity index (χ1v) is 7.79. The number of aromatic nitrogens is 1. The van der Waals surface area contributed by atoms with E-state index in [0.717, 1.165) is 11.3 Å². The van der Waals surface area contributed by atoms with Crippen LogP contribution in [0, 0.1) is 0 Å². The molecular weight excluding hydrogens is 298 g/mol. The number of hydrogen-bond donors (Lipinski definition) is 2. The highest BCUT2D eigenvalue weighted by atomic mass is 35.5. The van der Waals surface area contributed by atoms with Crippen LogP contribution < -0.4 is 10.5 Å². The monoisotopic (exact) mass is 311 g/mol. The van der Waals surface area contributed by atoms with Gasteiger partial charge in [0.05, 0.1) is 16.8 Å². The third-order valence-corrected chi connectivity index (χ3v) is 3.97. The third-order valence-electron chi connectivity index (χ3n) is 2.82. The van der Waals surface area contributed by atoms with Gasteiger partial charge in [-0.3, -0.25) is 0 Å². The Labute approximate surface area is 122 Å². The molecule has 0 saturated heterocycles. The number of sulfonamides is 1. The molecule has 0 bridgehead atoms. The van der Waals surface area contributed by atoms with E-state index >= 15 is 0 Å². The number of halogens is 1. The zero-order chi connectivity index (χ0) is 14.8. The molecule has 0 aliphatic heterocycles. The second-order valence-corrected chi connectivity index (χ2v) is 6.30. The molecule has 1 unspecified atom stereocenters. The molecule has 1 heterocycles. The minimum Gasteiger partial charge on any atom is -0.377 e. The van der Waals surface area contributed by atoms with Crippen molar-refractivity contribution in [3.63, 3.8) is 0 Å². The number of nitrogens with zero attached hydrogens (tertiary/aromatic N) is 1. The van der Waals surface area contributed by atoms with Crippen molar-refractivity contribution in [2.45, 2.75) is 17.9 Å². The molecule has 20 heavy (non-hydrogen) atoms. The standard InChI is InChI=1S/C13H14ClN3O2S/c1-9(17-11-4-7-13(14)16-8-11)10-2-5-12(6-3-10)20(15,18)19/h2-9,17H,1H3,(H2,15,18,19). The van der Waals surface area contributed by atoms with E-state index in [0.29, 0.717) is 5.15 Å². The Hall–Kier alpha value is -1.63. The van der Waals surface area contributed by atoms with Crippen molar-refractivity contribution in [1.82, 2.24) is 4.98 Å². The number of rotatable bonds is 4. The number of anilines is 1. The zero-order valence-electron chi connectivity index (χ0n) is 10.7. The Morgan fingerprint density at radius 3 is 2.35 bits per heavy atom. The van der Waals surface area contributed by atoms with Crippen molar-refractivity contribution in [2.75, 3.05) is 5.32 Å². The van der Waals surface area contributed by atoms with E-state index in [1.165, 1.54) is 12.1 Å². The number of nitrogens with two attached hydrogens (primary N) is 1. The molecular formula is C13H14ClN3O2S. The average Bonchev–Trinajstić information content (AvgIpc) is 2.40. The van der Waals surface area contributed by atoms with Crippen LogP contribution in [-0.4, -0.2) is 13.4 Å². The Kier molecular flexibility index (Phi) is 4.27. The van der Waals surface area contributed by atoms with E-state index in [9.17, 15) is 8.42 Å². The van der Waals surface area contributed by atoms with Crippen molar-refractivity contribution >= 4 is 27.3 Å². The van der Waals surface area contributed by atoms with Crippen LogP contribution in [0.3, 0.4) is 0 Å². The Morgan fingerprint density at radius 1 is 1.20 bits per heavy atom. The van der Waals surface area contributed by atoms with Gasteiger partial charge in [-0.1, -0.05) is 23.7 Å². The van der Waals surface area contributed by atoms with Gasteiger partial charge in [-0.2, -0.15) is 0 Å². The Bertz CT molecular complexity index is 685. The van der Waals surface area contributed by atoms with Gasteiger partial charge < -0.3 is 5.32 Å². The SMILES string of the molecule is CC(Nc1ccc(Cl)nc1)c1ccc(S(N)(=O)=O)cc1. The van der Waals surface area contributed by atoms with E-state index in [1.54, 1.807) is 24.4 Å². The molecule has 1 atom stereocenters. The minimum absolute atomic E-state index is 0.00694. The molecule has 0 radical (unpaired) electrons. The smallest absolute Gasteiger partial charge is 0.238 e. The summed E-state index contributed by atoms with van der Waals surface area (Å²) in [6, 6.07) is 9.94. The molecule has 5 nitrogen and oxygen atoms in total. The number of hydrogen-bond acceptors (Lipinski definition) is 4. The van der Waals surface area contributed by atoms with Crippen LogP contribution in [0.2, 0.25) is 5.15 Å². The van der Waals surface area contributed by atoms with Gasteiger partial charge in [0.2, 0.25) is 10.0 Å². The fourth-order valence-corrected chi connectivity index (χ4v) is 2.37. The molecule has 2 rings (SSSR count). The zero-order valence-corrected chi connectivity index (χ0v) is 12.3. The molecule has 2 aromatic rings. The maximum absolute atomic E-state index is 11.2. The number of nitrogens with one attached hydrogen (secondary N) is 1. The van der Waals surface area contributed by atoms with Crippen LogP contribution in [0.15, 0.2) is 47.5 Å². The predicted octanol–water partition coefficient (Wildman–Crippen LogP) is 2.56. The van der Waals surface area contributed by atoms with Crippen molar-refractivity contribution in [3.8, 4) is 0 Å². The molecule has 7 heteroatoms. The van der Waals surface area contributed by atoms with Crippen LogP contribution in [0.4, 0.5) is 5.69 Å². The number of primary sulfonamides is 1. The molecule has 0 amide bonds. The molecule has 0 spiro atoms. The molecule has 106 valence electrons. The maximum atomic E-state index is 11.2. The minimum atomic E-state index is -3.65. The van der Waals surface area contributed by atoms with E-state index < -0.39 is 10.0 Å². The summed E-state index contributed by atoms with van der Waals surface area (Å²) in [7, 11) is -3.65. The normalized spacial score (nSPS) is 12.9. The average molecular weight is 312 g/mol. The quantitative estimate of drug-likeness (QED) is 0.850. The summed E-state index contributed by atoms with van der Waals surface area (Å²) >= 11 is 5.72. The van der Waals surface area contributed by atoms with Gasteiger partial charge in [0.15, 0.2) is 0 Å². The predicted molar refractivity (Wildman–Crippen MR) is 79.1 cm³/mol. The lowest BCUT2D eigenvalue weighted by Crippen LogP contribution is -2.12. The summed E-state index contributed by atoms with van der Waals surface area (Å²) in [5, 5.41) is 8.73. The van der Waals surface area contributed by atoms with Gasteiger partial charge in [0, 0.05) is 6.04 Å². The van der Waals surface area contributed by atoms with Crippen LogP contribution in [0.1, 0.15) is 18.5 Å². The van der Waals surface area contributed by atoms with Crippen molar-refractivity contribution in [3.05, 3.63) is 53.3 Å². The van der Waals surface area contributed by atoms with Gasteiger partial charge in [0.1, 0.15) is 5.15 Å². The highest BCUT2D eigenvalue weighted by Crippen LogP contribution is 2.20. The fourth-order valence-electron chi connectivity index (χ4n) is 1.74. The second-order valence-electron chi connectivity index (χ2n) is 4.35. The molecule has 0 aliphatic carbocycles. The topological polar surface area (TPSA) is 85.1 Å². The first kappa shape index (κ1) is 14.8. The molecule has 3 N–H and O–H groups in total. The van der Waals surface area contributed by atoms with E-state index in [1.807, 2.05) is 13.0 Å². The van der Waals surface area contributed by atoms with Gasteiger partial charge in [0.25, 0.3) is 0 Å². The largest absolute Gasteiger partial charge is 0.377 e. The van der Waals surface area contributed by atoms with Crippen molar-refractivity contribution in [2.24, 2.45) is 5.14 Å². The molecule has 0 saturated carbocycles. The summed E-state index contributed by atoms with van der Waals surface area (Å²) in [6.45, 7) is 1.96. The molecule has 0 aliphatic rings. The summed E-state index contributed by atoms with van der Waals surface area (Å²) in [4.78, 5) is 4.08. The van der Waals surface area contributed by atoms with Crippen LogP contribution >= 0.6 is 11.6 Å².